The third kappa shape index (κ3) is 3.69. The van der Waals surface area contributed by atoms with Gasteiger partial charge in [-0.2, -0.15) is 0 Å². The summed E-state index contributed by atoms with van der Waals surface area (Å²) in [6.07, 6.45) is 5.29. The molecule has 0 saturated carbocycles. The third-order valence-electron chi connectivity index (χ3n) is 4.20. The fourth-order valence-electron chi connectivity index (χ4n) is 2.87. The van der Waals surface area contributed by atoms with Gasteiger partial charge >= 0.3 is 0 Å². The lowest BCUT2D eigenvalue weighted by atomic mass is 9.97. The SMILES string of the molecule is CC(C)(C)CNc1nccc(-c2nc3ncccn3c2-c2ccc(F)cc2)n1. The second kappa shape index (κ2) is 6.99. The van der Waals surface area contributed by atoms with Crippen LogP contribution in [0.3, 0.4) is 0 Å². The molecular formula is C21H21FN6. The molecule has 28 heavy (non-hydrogen) atoms. The molecule has 1 N–H and O–H groups in total. The smallest absolute Gasteiger partial charge is 0.234 e. The highest BCUT2D eigenvalue weighted by molar-refractivity contribution is 5.79. The number of aromatic nitrogens is 5. The predicted octanol–water partition coefficient (Wildman–Crippen LogP) is 4.45. The summed E-state index contributed by atoms with van der Waals surface area (Å²) in [7, 11) is 0. The summed E-state index contributed by atoms with van der Waals surface area (Å²) in [4.78, 5) is 18.0. The highest BCUT2D eigenvalue weighted by Gasteiger charge is 2.18. The molecule has 6 nitrogen and oxygen atoms in total. The molecule has 0 fully saturated rings. The van der Waals surface area contributed by atoms with E-state index in [9.17, 15) is 4.39 Å². The highest BCUT2D eigenvalue weighted by Crippen LogP contribution is 2.31. The quantitative estimate of drug-likeness (QED) is 0.570. The van der Waals surface area contributed by atoms with Crippen LogP contribution in [0.2, 0.25) is 0 Å². The summed E-state index contributed by atoms with van der Waals surface area (Å²) in [6.45, 7) is 7.17. The normalized spacial score (nSPS) is 11.7. The average Bonchev–Trinajstić information content (AvgIpc) is 3.06. The molecule has 0 amide bonds. The molecule has 3 aromatic heterocycles. The number of nitrogens with zero attached hydrogens (tertiary/aromatic N) is 5. The van der Waals surface area contributed by atoms with Gasteiger partial charge in [0.1, 0.15) is 11.5 Å². The number of fused-ring (bicyclic) bond motifs is 1. The maximum Gasteiger partial charge on any atom is 0.234 e. The van der Waals surface area contributed by atoms with Gasteiger partial charge in [0.25, 0.3) is 0 Å². The fourth-order valence-corrected chi connectivity index (χ4v) is 2.87. The molecule has 0 saturated heterocycles. The van der Waals surface area contributed by atoms with Crippen LogP contribution in [0.4, 0.5) is 10.3 Å². The van der Waals surface area contributed by atoms with E-state index in [-0.39, 0.29) is 11.2 Å². The van der Waals surface area contributed by atoms with E-state index in [1.807, 2.05) is 22.7 Å². The zero-order valence-electron chi connectivity index (χ0n) is 16.0. The van der Waals surface area contributed by atoms with Gasteiger partial charge in [-0.25, -0.2) is 24.3 Å². The Morgan fingerprint density at radius 1 is 1.00 bits per heavy atom. The molecule has 0 unspecified atom stereocenters. The Bertz CT molecular complexity index is 1110. The topological polar surface area (TPSA) is 68.0 Å². The Kier molecular flexibility index (Phi) is 4.50. The Balaban J connectivity index is 1.83. The molecule has 0 spiro atoms. The van der Waals surface area contributed by atoms with Gasteiger partial charge in [0.15, 0.2) is 0 Å². The summed E-state index contributed by atoms with van der Waals surface area (Å²) in [5.74, 6) is 0.815. The van der Waals surface area contributed by atoms with Gasteiger partial charge in [0.2, 0.25) is 11.7 Å². The first kappa shape index (κ1) is 18.0. The zero-order valence-corrected chi connectivity index (χ0v) is 16.0. The van der Waals surface area contributed by atoms with Crippen molar-refractivity contribution >= 4 is 11.7 Å². The van der Waals surface area contributed by atoms with Crippen molar-refractivity contribution in [1.82, 2.24) is 24.3 Å². The van der Waals surface area contributed by atoms with Gasteiger partial charge in [0, 0.05) is 30.7 Å². The van der Waals surface area contributed by atoms with Gasteiger partial charge in [-0.1, -0.05) is 20.8 Å². The van der Waals surface area contributed by atoms with Crippen molar-refractivity contribution in [2.24, 2.45) is 5.41 Å². The molecule has 0 radical (unpaired) electrons. The minimum Gasteiger partial charge on any atom is -0.354 e. The van der Waals surface area contributed by atoms with Crippen LogP contribution in [0.1, 0.15) is 20.8 Å². The molecule has 4 rings (SSSR count). The molecule has 0 bridgehead atoms. The molecule has 0 aliphatic carbocycles. The molecule has 1 aromatic carbocycles. The number of hydrogen-bond donors (Lipinski definition) is 1. The first-order valence-electron chi connectivity index (χ1n) is 9.07. The van der Waals surface area contributed by atoms with E-state index in [1.165, 1.54) is 12.1 Å². The largest absolute Gasteiger partial charge is 0.354 e. The number of hydrogen-bond acceptors (Lipinski definition) is 5. The van der Waals surface area contributed by atoms with Crippen molar-refractivity contribution in [3.8, 4) is 22.6 Å². The monoisotopic (exact) mass is 376 g/mol. The van der Waals surface area contributed by atoms with Gasteiger partial charge in [-0.3, -0.25) is 4.40 Å². The minimum absolute atomic E-state index is 0.103. The summed E-state index contributed by atoms with van der Waals surface area (Å²) < 4.78 is 15.3. The van der Waals surface area contributed by atoms with E-state index in [0.29, 0.717) is 23.1 Å². The lowest BCUT2D eigenvalue weighted by molar-refractivity contribution is 0.442. The second-order valence-electron chi connectivity index (χ2n) is 7.79. The summed E-state index contributed by atoms with van der Waals surface area (Å²) >= 11 is 0. The summed E-state index contributed by atoms with van der Waals surface area (Å²) in [5.41, 5.74) is 3.09. The molecule has 0 aliphatic rings. The van der Waals surface area contributed by atoms with Crippen molar-refractivity contribution < 1.29 is 4.39 Å². The molecular weight excluding hydrogens is 355 g/mol. The highest BCUT2D eigenvalue weighted by atomic mass is 19.1. The predicted molar refractivity (Wildman–Crippen MR) is 107 cm³/mol. The molecule has 0 aliphatic heterocycles. The van der Waals surface area contributed by atoms with Crippen LogP contribution < -0.4 is 5.32 Å². The molecule has 0 atom stereocenters. The van der Waals surface area contributed by atoms with Crippen LogP contribution in [0.15, 0.2) is 55.0 Å². The molecule has 4 aromatic rings. The van der Waals surface area contributed by atoms with E-state index in [4.69, 9.17) is 0 Å². The first-order chi connectivity index (χ1) is 13.4. The van der Waals surface area contributed by atoms with Crippen LogP contribution in [-0.4, -0.2) is 30.9 Å². The molecule has 7 heteroatoms. The number of imidazole rings is 1. The standard InChI is InChI=1S/C21H21FN6/c1-21(2,3)13-25-19-23-11-9-16(26-19)17-18(14-5-7-15(22)8-6-14)28-12-4-10-24-20(28)27-17/h4-12H,13H2,1-3H3,(H,23,25,26). The fraction of sp³-hybridized carbons (Fsp3) is 0.238. The second-order valence-corrected chi connectivity index (χ2v) is 7.79. The van der Waals surface area contributed by atoms with Crippen molar-refractivity contribution in [3.63, 3.8) is 0 Å². The van der Waals surface area contributed by atoms with Crippen molar-refractivity contribution in [1.29, 1.82) is 0 Å². The van der Waals surface area contributed by atoms with Gasteiger partial charge in [-0.15, -0.1) is 0 Å². The van der Waals surface area contributed by atoms with Crippen molar-refractivity contribution in [2.45, 2.75) is 20.8 Å². The van der Waals surface area contributed by atoms with E-state index in [1.54, 1.807) is 24.5 Å². The summed E-state index contributed by atoms with van der Waals surface area (Å²) in [6, 6.07) is 9.99. The van der Waals surface area contributed by atoms with Crippen LogP contribution in [0.5, 0.6) is 0 Å². The summed E-state index contributed by atoms with van der Waals surface area (Å²) in [5, 5.41) is 3.27. The maximum absolute atomic E-state index is 13.4. The Morgan fingerprint density at radius 3 is 2.54 bits per heavy atom. The Hall–Kier alpha value is -3.35. The molecule has 142 valence electrons. The van der Waals surface area contributed by atoms with E-state index in [0.717, 1.165) is 17.8 Å². The third-order valence-corrected chi connectivity index (χ3v) is 4.20. The number of halogens is 1. The average molecular weight is 376 g/mol. The lowest BCUT2D eigenvalue weighted by Gasteiger charge is -2.18. The Labute approximate surface area is 162 Å². The number of anilines is 1. The first-order valence-corrected chi connectivity index (χ1v) is 9.07. The lowest BCUT2D eigenvalue weighted by Crippen LogP contribution is -2.20. The van der Waals surface area contributed by atoms with E-state index >= 15 is 0 Å². The van der Waals surface area contributed by atoms with Crippen molar-refractivity contribution in [2.75, 3.05) is 11.9 Å². The van der Waals surface area contributed by atoms with Gasteiger partial charge in [0.05, 0.1) is 11.4 Å². The van der Waals surface area contributed by atoms with Crippen molar-refractivity contribution in [3.05, 3.63) is 60.8 Å². The van der Waals surface area contributed by atoms with Gasteiger partial charge < -0.3 is 5.32 Å². The Morgan fingerprint density at radius 2 is 1.79 bits per heavy atom. The van der Waals surface area contributed by atoms with Crippen LogP contribution in [-0.2, 0) is 0 Å². The van der Waals surface area contributed by atoms with Crippen LogP contribution in [0.25, 0.3) is 28.4 Å². The molecule has 3 heterocycles. The number of rotatable bonds is 4. The van der Waals surface area contributed by atoms with Gasteiger partial charge in [-0.05, 0) is 41.8 Å². The van der Waals surface area contributed by atoms with E-state index < -0.39 is 0 Å². The maximum atomic E-state index is 13.4. The van der Waals surface area contributed by atoms with Crippen LogP contribution in [0, 0.1) is 11.2 Å². The minimum atomic E-state index is -0.284. The van der Waals surface area contributed by atoms with Crippen LogP contribution >= 0.6 is 0 Å². The zero-order chi connectivity index (χ0) is 19.7. The number of nitrogens with one attached hydrogen (secondary N) is 1. The van der Waals surface area contributed by atoms with E-state index in [2.05, 4.69) is 46.0 Å². The number of benzene rings is 1.